The van der Waals surface area contributed by atoms with Crippen molar-refractivity contribution in [3.63, 3.8) is 0 Å². The monoisotopic (exact) mass is 278 g/mol. The zero-order valence-corrected chi connectivity index (χ0v) is 12.6. The van der Waals surface area contributed by atoms with Gasteiger partial charge in [-0.2, -0.15) is 0 Å². The molecule has 2 atom stereocenters. The van der Waals surface area contributed by atoms with Crippen LogP contribution in [0.2, 0.25) is 0 Å². The smallest absolute Gasteiger partial charge is 0.0510 e. The van der Waals surface area contributed by atoms with Gasteiger partial charge in [-0.25, -0.2) is 0 Å². The number of benzene rings is 1. The molecule has 0 aliphatic heterocycles. The van der Waals surface area contributed by atoms with Crippen LogP contribution in [0.25, 0.3) is 0 Å². The van der Waals surface area contributed by atoms with Gasteiger partial charge in [-0.3, -0.25) is 4.98 Å². The summed E-state index contributed by atoms with van der Waals surface area (Å²) in [6, 6.07) is 11.7. The number of hydrogen-bond donors (Lipinski definition) is 1. The molecule has 0 saturated heterocycles. The molecule has 2 nitrogen and oxygen atoms in total. The maximum Gasteiger partial charge on any atom is 0.0510 e. The third-order valence-electron chi connectivity index (χ3n) is 5.09. The van der Waals surface area contributed by atoms with Crippen LogP contribution >= 0.6 is 0 Å². The fraction of sp³-hybridized carbons (Fsp3) is 0.421. The SMILES string of the molecule is CCNC1CCc2c1cccc2C1CCc2cccnc21. The standard InChI is InChI=1S/C19H22N2/c1-2-20-18-11-10-15-14(6-3-7-16(15)18)17-9-8-13-5-4-12-21-19(13)17/h3-7,12,17-18,20H,2,8-11H2,1H3. The van der Waals surface area contributed by atoms with Crippen LogP contribution in [0.1, 0.15) is 59.7 Å². The van der Waals surface area contributed by atoms with Gasteiger partial charge in [0, 0.05) is 18.2 Å². The minimum absolute atomic E-state index is 0.511. The summed E-state index contributed by atoms with van der Waals surface area (Å²) in [6.07, 6.45) is 6.79. The molecule has 2 unspecified atom stereocenters. The average Bonchev–Trinajstić information content (AvgIpc) is 3.12. The Morgan fingerprint density at radius 1 is 1.10 bits per heavy atom. The van der Waals surface area contributed by atoms with Gasteiger partial charge in [-0.1, -0.05) is 31.2 Å². The van der Waals surface area contributed by atoms with Gasteiger partial charge in [0.1, 0.15) is 0 Å². The van der Waals surface area contributed by atoms with E-state index < -0.39 is 0 Å². The predicted molar refractivity (Wildman–Crippen MR) is 85.6 cm³/mol. The normalized spacial score (nSPS) is 23.1. The second kappa shape index (κ2) is 5.27. The van der Waals surface area contributed by atoms with Crippen LogP contribution in [0.15, 0.2) is 36.5 Å². The highest BCUT2D eigenvalue weighted by Crippen LogP contribution is 2.42. The van der Waals surface area contributed by atoms with E-state index in [4.69, 9.17) is 0 Å². The number of hydrogen-bond acceptors (Lipinski definition) is 2. The van der Waals surface area contributed by atoms with Crippen LogP contribution < -0.4 is 5.32 Å². The van der Waals surface area contributed by atoms with Crippen molar-refractivity contribution in [3.05, 3.63) is 64.5 Å². The van der Waals surface area contributed by atoms with Crippen molar-refractivity contribution < 1.29 is 0 Å². The molecule has 21 heavy (non-hydrogen) atoms. The van der Waals surface area contributed by atoms with Crippen LogP contribution in [-0.2, 0) is 12.8 Å². The van der Waals surface area contributed by atoms with Crippen molar-refractivity contribution >= 4 is 0 Å². The Hall–Kier alpha value is -1.67. The van der Waals surface area contributed by atoms with E-state index in [-0.39, 0.29) is 0 Å². The first-order chi connectivity index (χ1) is 10.4. The molecule has 0 saturated carbocycles. The Kier molecular flexibility index (Phi) is 3.27. The molecule has 1 heterocycles. The number of aromatic nitrogens is 1. The molecule has 2 aliphatic carbocycles. The third-order valence-corrected chi connectivity index (χ3v) is 5.09. The first-order valence-electron chi connectivity index (χ1n) is 8.17. The van der Waals surface area contributed by atoms with Gasteiger partial charge in [0.05, 0.1) is 5.69 Å². The molecule has 0 fully saturated rings. The van der Waals surface area contributed by atoms with Gasteiger partial charge < -0.3 is 5.32 Å². The predicted octanol–water partition coefficient (Wildman–Crippen LogP) is 3.76. The Morgan fingerprint density at radius 2 is 2.00 bits per heavy atom. The summed E-state index contributed by atoms with van der Waals surface area (Å²) in [7, 11) is 0. The van der Waals surface area contributed by atoms with Crippen molar-refractivity contribution in [2.24, 2.45) is 0 Å². The first-order valence-corrected chi connectivity index (χ1v) is 8.17. The van der Waals surface area contributed by atoms with E-state index in [0.29, 0.717) is 12.0 Å². The largest absolute Gasteiger partial charge is 0.310 e. The summed E-state index contributed by atoms with van der Waals surface area (Å²) < 4.78 is 0. The second-order valence-electron chi connectivity index (χ2n) is 6.20. The molecule has 2 aromatic rings. The summed E-state index contributed by atoms with van der Waals surface area (Å²) in [4.78, 5) is 4.68. The van der Waals surface area contributed by atoms with Crippen LogP contribution in [0.5, 0.6) is 0 Å². The fourth-order valence-corrected chi connectivity index (χ4v) is 4.18. The Morgan fingerprint density at radius 3 is 2.90 bits per heavy atom. The average molecular weight is 278 g/mol. The van der Waals surface area contributed by atoms with Crippen LogP contribution in [-0.4, -0.2) is 11.5 Å². The lowest BCUT2D eigenvalue weighted by Crippen LogP contribution is -2.18. The van der Waals surface area contributed by atoms with Crippen molar-refractivity contribution in [1.82, 2.24) is 10.3 Å². The number of aryl methyl sites for hydroxylation is 1. The van der Waals surface area contributed by atoms with E-state index in [1.807, 2.05) is 6.20 Å². The van der Waals surface area contributed by atoms with Crippen molar-refractivity contribution in [2.45, 2.75) is 44.6 Å². The van der Waals surface area contributed by atoms with Crippen molar-refractivity contribution in [3.8, 4) is 0 Å². The number of pyridine rings is 1. The number of nitrogens with zero attached hydrogens (tertiary/aromatic N) is 1. The maximum absolute atomic E-state index is 4.68. The molecule has 0 bridgehead atoms. The maximum atomic E-state index is 4.68. The van der Waals surface area contributed by atoms with Crippen LogP contribution in [0.4, 0.5) is 0 Å². The highest BCUT2D eigenvalue weighted by molar-refractivity contribution is 5.47. The zero-order valence-electron chi connectivity index (χ0n) is 12.6. The fourth-order valence-electron chi connectivity index (χ4n) is 4.18. The van der Waals surface area contributed by atoms with E-state index >= 15 is 0 Å². The number of fused-ring (bicyclic) bond motifs is 2. The van der Waals surface area contributed by atoms with E-state index in [1.165, 1.54) is 48.1 Å². The molecule has 4 rings (SSSR count). The number of rotatable bonds is 3. The molecular weight excluding hydrogens is 256 g/mol. The highest BCUT2D eigenvalue weighted by atomic mass is 14.9. The molecule has 1 aromatic heterocycles. The molecule has 0 amide bonds. The van der Waals surface area contributed by atoms with E-state index in [2.05, 4.69) is 47.6 Å². The van der Waals surface area contributed by atoms with Gasteiger partial charge in [0.25, 0.3) is 0 Å². The third kappa shape index (κ3) is 2.09. The lowest BCUT2D eigenvalue weighted by Gasteiger charge is -2.17. The summed E-state index contributed by atoms with van der Waals surface area (Å²) in [5.74, 6) is 0.511. The Bertz CT molecular complexity index is 662. The molecule has 2 heteroatoms. The molecule has 2 aliphatic rings. The lowest BCUT2D eigenvalue weighted by molar-refractivity contribution is 0.549. The molecule has 1 N–H and O–H groups in total. The van der Waals surface area contributed by atoms with Gasteiger partial charge in [-0.05, 0) is 60.5 Å². The van der Waals surface area contributed by atoms with E-state index in [0.717, 1.165) is 6.54 Å². The van der Waals surface area contributed by atoms with Gasteiger partial charge in [-0.15, -0.1) is 0 Å². The van der Waals surface area contributed by atoms with Crippen molar-refractivity contribution in [2.75, 3.05) is 6.54 Å². The molecular formula is C19H22N2. The van der Waals surface area contributed by atoms with E-state index in [1.54, 1.807) is 5.56 Å². The summed E-state index contributed by atoms with van der Waals surface area (Å²) in [5.41, 5.74) is 7.41. The number of nitrogens with one attached hydrogen (secondary N) is 1. The minimum Gasteiger partial charge on any atom is -0.310 e. The van der Waals surface area contributed by atoms with Gasteiger partial charge >= 0.3 is 0 Å². The Balaban J connectivity index is 1.75. The molecule has 0 radical (unpaired) electrons. The summed E-state index contributed by atoms with van der Waals surface area (Å²) in [6.45, 7) is 3.24. The highest BCUT2D eigenvalue weighted by Gasteiger charge is 2.31. The Labute approximate surface area is 126 Å². The second-order valence-corrected chi connectivity index (χ2v) is 6.20. The van der Waals surface area contributed by atoms with Gasteiger partial charge in [0.2, 0.25) is 0 Å². The zero-order chi connectivity index (χ0) is 14.2. The minimum atomic E-state index is 0.511. The molecule has 108 valence electrons. The van der Waals surface area contributed by atoms with Crippen LogP contribution in [0.3, 0.4) is 0 Å². The quantitative estimate of drug-likeness (QED) is 0.924. The first kappa shape index (κ1) is 13.0. The van der Waals surface area contributed by atoms with Gasteiger partial charge in [0.15, 0.2) is 0 Å². The molecule has 1 aromatic carbocycles. The topological polar surface area (TPSA) is 24.9 Å². The van der Waals surface area contributed by atoms with Crippen LogP contribution in [0, 0.1) is 0 Å². The lowest BCUT2D eigenvalue weighted by atomic mass is 9.90. The molecule has 0 spiro atoms. The van der Waals surface area contributed by atoms with Crippen molar-refractivity contribution in [1.29, 1.82) is 0 Å². The summed E-state index contributed by atoms with van der Waals surface area (Å²) in [5, 5.41) is 3.62. The summed E-state index contributed by atoms with van der Waals surface area (Å²) >= 11 is 0. The van der Waals surface area contributed by atoms with E-state index in [9.17, 15) is 0 Å².